The molecule has 0 aliphatic rings. The lowest BCUT2D eigenvalue weighted by atomic mass is 10.1. The van der Waals surface area contributed by atoms with Gasteiger partial charge in [0.05, 0.1) is 18.1 Å². The van der Waals surface area contributed by atoms with Gasteiger partial charge in [0.1, 0.15) is 22.6 Å². The van der Waals surface area contributed by atoms with Gasteiger partial charge >= 0.3 is 0 Å². The summed E-state index contributed by atoms with van der Waals surface area (Å²) in [4.78, 5) is 23.1. The monoisotopic (exact) mass is 465 g/mol. The van der Waals surface area contributed by atoms with Crippen LogP contribution < -0.4 is 15.8 Å². The van der Waals surface area contributed by atoms with Gasteiger partial charge in [-0.3, -0.25) is 9.36 Å². The number of fused-ring (bicyclic) bond motifs is 2. The number of hydrogen-bond donors (Lipinski definition) is 2. The zero-order valence-corrected chi connectivity index (χ0v) is 19.7. The lowest BCUT2D eigenvalue weighted by Gasteiger charge is -2.14. The van der Waals surface area contributed by atoms with Gasteiger partial charge in [0, 0.05) is 11.7 Å². The number of carbonyl (C=O) groups excluding carboxylic acids is 1. The molecule has 2 aromatic heterocycles. The first-order valence-electron chi connectivity index (χ1n) is 11.6. The van der Waals surface area contributed by atoms with Crippen molar-refractivity contribution in [2.24, 2.45) is 0 Å². The lowest BCUT2D eigenvalue weighted by Crippen LogP contribution is -2.33. The Morgan fingerprint density at radius 2 is 1.63 bits per heavy atom. The minimum Gasteiger partial charge on any atom is -0.497 e. The van der Waals surface area contributed by atoms with E-state index in [9.17, 15) is 4.79 Å². The van der Waals surface area contributed by atoms with Crippen LogP contribution in [0.2, 0.25) is 0 Å². The molecule has 0 saturated heterocycles. The molecule has 1 atom stereocenters. The number of amides is 1. The Morgan fingerprint density at radius 1 is 0.971 bits per heavy atom. The van der Waals surface area contributed by atoms with E-state index in [-0.39, 0.29) is 11.9 Å². The van der Waals surface area contributed by atoms with Crippen LogP contribution in [0.1, 0.15) is 29.3 Å². The highest BCUT2D eigenvalue weighted by molar-refractivity contribution is 6.11. The van der Waals surface area contributed by atoms with Crippen molar-refractivity contribution in [3.8, 4) is 11.4 Å². The molecule has 7 heteroatoms. The molecule has 5 aromatic rings. The van der Waals surface area contributed by atoms with Gasteiger partial charge in [0.2, 0.25) is 0 Å². The molecule has 2 heterocycles. The Balaban J connectivity index is 1.54. The zero-order valence-electron chi connectivity index (χ0n) is 19.7. The van der Waals surface area contributed by atoms with Crippen molar-refractivity contribution in [2.75, 3.05) is 12.8 Å². The van der Waals surface area contributed by atoms with E-state index >= 15 is 0 Å². The maximum Gasteiger partial charge on any atom is 0.257 e. The maximum atomic E-state index is 13.5. The molecule has 0 aliphatic heterocycles. The summed E-state index contributed by atoms with van der Waals surface area (Å²) in [5, 5.41) is 3.11. The standard InChI is InChI=1S/C28H27N5O2/c1-18(12-13-19-8-4-3-5-9-19)30-28(34)24-25-27(32-23-11-7-6-10-22(23)31-25)33(26(24)29)20-14-16-21(35-2)17-15-20/h3-11,14-18H,12-13,29H2,1-2H3,(H,30,34)/t18-/m0/s1. The maximum absolute atomic E-state index is 13.5. The molecule has 3 aromatic carbocycles. The average Bonchev–Trinajstić information content (AvgIpc) is 3.17. The number of nitrogen functional groups attached to an aromatic ring is 1. The normalized spacial score (nSPS) is 12.1. The Kier molecular flexibility index (Phi) is 6.06. The van der Waals surface area contributed by atoms with Crippen LogP contribution in [0.15, 0.2) is 78.9 Å². The topological polar surface area (TPSA) is 95.1 Å². The van der Waals surface area contributed by atoms with Crippen LogP contribution in [0, 0.1) is 0 Å². The third kappa shape index (κ3) is 4.40. The molecule has 5 rings (SSSR count). The Bertz CT molecular complexity index is 1490. The number of methoxy groups -OCH3 is 1. The number of aromatic nitrogens is 3. The van der Waals surface area contributed by atoms with E-state index in [1.165, 1.54) is 5.56 Å². The van der Waals surface area contributed by atoms with Gasteiger partial charge < -0.3 is 15.8 Å². The van der Waals surface area contributed by atoms with E-state index in [1.54, 1.807) is 11.7 Å². The third-order valence-corrected chi connectivity index (χ3v) is 6.14. The molecule has 35 heavy (non-hydrogen) atoms. The largest absolute Gasteiger partial charge is 0.497 e. The minimum absolute atomic E-state index is 0.0464. The Morgan fingerprint density at radius 3 is 2.31 bits per heavy atom. The van der Waals surface area contributed by atoms with Gasteiger partial charge in [0.15, 0.2) is 5.65 Å². The smallest absolute Gasteiger partial charge is 0.257 e. The van der Waals surface area contributed by atoms with Crippen LogP contribution in [-0.4, -0.2) is 33.6 Å². The number of para-hydroxylation sites is 2. The van der Waals surface area contributed by atoms with Crippen molar-refractivity contribution >= 4 is 33.9 Å². The van der Waals surface area contributed by atoms with Crippen molar-refractivity contribution in [3.63, 3.8) is 0 Å². The molecule has 0 fully saturated rings. The third-order valence-electron chi connectivity index (χ3n) is 6.14. The zero-order chi connectivity index (χ0) is 24.4. The Hall–Kier alpha value is -4.39. The second-order valence-electron chi connectivity index (χ2n) is 8.58. The number of aryl methyl sites for hydroxylation is 1. The molecule has 0 unspecified atom stereocenters. The van der Waals surface area contributed by atoms with Gasteiger partial charge in [0.25, 0.3) is 5.91 Å². The van der Waals surface area contributed by atoms with Crippen molar-refractivity contribution in [1.82, 2.24) is 19.9 Å². The molecular formula is C28H27N5O2. The quantitative estimate of drug-likeness (QED) is 0.356. The van der Waals surface area contributed by atoms with Crippen LogP contribution >= 0.6 is 0 Å². The van der Waals surface area contributed by atoms with Crippen LogP contribution in [-0.2, 0) is 6.42 Å². The molecular weight excluding hydrogens is 438 g/mol. The number of anilines is 1. The molecule has 7 nitrogen and oxygen atoms in total. The van der Waals surface area contributed by atoms with Crippen molar-refractivity contribution in [1.29, 1.82) is 0 Å². The molecule has 176 valence electrons. The SMILES string of the molecule is COc1ccc(-n2c(N)c(C(=O)N[C@@H](C)CCc3ccccc3)c3nc4ccccc4nc32)cc1. The van der Waals surface area contributed by atoms with E-state index in [4.69, 9.17) is 20.4 Å². The van der Waals surface area contributed by atoms with Crippen LogP contribution in [0.5, 0.6) is 5.75 Å². The van der Waals surface area contributed by atoms with Gasteiger partial charge in [-0.2, -0.15) is 0 Å². The van der Waals surface area contributed by atoms with Gasteiger partial charge in [-0.05, 0) is 61.7 Å². The summed E-state index contributed by atoms with van der Waals surface area (Å²) < 4.78 is 7.07. The molecule has 0 aliphatic carbocycles. The van der Waals surface area contributed by atoms with E-state index < -0.39 is 0 Å². The van der Waals surface area contributed by atoms with E-state index in [1.807, 2.05) is 73.7 Å². The van der Waals surface area contributed by atoms with Gasteiger partial charge in [-0.15, -0.1) is 0 Å². The summed E-state index contributed by atoms with van der Waals surface area (Å²) in [6.45, 7) is 2.00. The van der Waals surface area contributed by atoms with Crippen molar-refractivity contribution in [3.05, 3.63) is 90.0 Å². The number of rotatable bonds is 7. The first-order valence-corrected chi connectivity index (χ1v) is 11.6. The number of ether oxygens (including phenoxy) is 1. The number of carbonyl (C=O) groups is 1. The fourth-order valence-electron chi connectivity index (χ4n) is 4.27. The van der Waals surface area contributed by atoms with Crippen LogP contribution in [0.4, 0.5) is 5.82 Å². The summed E-state index contributed by atoms with van der Waals surface area (Å²) in [6, 6.07) is 25.2. The average molecular weight is 466 g/mol. The molecule has 0 radical (unpaired) electrons. The van der Waals surface area contributed by atoms with E-state index in [2.05, 4.69) is 17.4 Å². The molecule has 3 N–H and O–H groups in total. The summed E-state index contributed by atoms with van der Waals surface area (Å²) in [5.74, 6) is 0.767. The number of benzene rings is 3. The fourth-order valence-corrected chi connectivity index (χ4v) is 4.27. The van der Waals surface area contributed by atoms with Gasteiger partial charge in [-0.1, -0.05) is 42.5 Å². The number of nitrogens with one attached hydrogen (secondary N) is 1. The first kappa shape index (κ1) is 22.4. The number of hydrogen-bond acceptors (Lipinski definition) is 5. The number of nitrogens with zero attached hydrogens (tertiary/aromatic N) is 3. The first-order chi connectivity index (χ1) is 17.0. The molecule has 1 amide bonds. The van der Waals surface area contributed by atoms with Crippen molar-refractivity contribution < 1.29 is 9.53 Å². The van der Waals surface area contributed by atoms with Gasteiger partial charge in [-0.25, -0.2) is 9.97 Å². The summed E-state index contributed by atoms with van der Waals surface area (Å²) in [6.07, 6.45) is 1.68. The Labute approximate surface area is 203 Å². The summed E-state index contributed by atoms with van der Waals surface area (Å²) in [5.41, 5.74) is 11.4. The highest BCUT2D eigenvalue weighted by atomic mass is 16.5. The second kappa shape index (κ2) is 9.46. The molecule has 0 saturated carbocycles. The van der Waals surface area contributed by atoms with E-state index in [0.717, 1.165) is 29.8 Å². The van der Waals surface area contributed by atoms with Crippen molar-refractivity contribution in [2.45, 2.75) is 25.8 Å². The predicted octanol–water partition coefficient (Wildman–Crippen LogP) is 4.92. The summed E-state index contributed by atoms with van der Waals surface area (Å²) >= 11 is 0. The highest BCUT2D eigenvalue weighted by Gasteiger charge is 2.25. The highest BCUT2D eigenvalue weighted by Crippen LogP contribution is 2.31. The van der Waals surface area contributed by atoms with E-state index in [0.29, 0.717) is 28.1 Å². The van der Waals surface area contributed by atoms with Crippen LogP contribution in [0.25, 0.3) is 27.9 Å². The molecule has 0 spiro atoms. The second-order valence-corrected chi connectivity index (χ2v) is 8.58. The fraction of sp³-hybridized carbons (Fsp3) is 0.179. The lowest BCUT2D eigenvalue weighted by molar-refractivity contribution is 0.0941. The summed E-state index contributed by atoms with van der Waals surface area (Å²) in [7, 11) is 1.62. The predicted molar refractivity (Wildman–Crippen MR) is 139 cm³/mol. The van der Waals surface area contributed by atoms with Crippen LogP contribution in [0.3, 0.4) is 0 Å². The minimum atomic E-state index is -0.259. The molecule has 0 bridgehead atoms. The number of nitrogens with two attached hydrogens (primary N) is 1.